The molecule has 0 aliphatic heterocycles. The van der Waals surface area contributed by atoms with E-state index in [-0.39, 0.29) is 11.4 Å². The van der Waals surface area contributed by atoms with Crippen LogP contribution in [0.4, 0.5) is 18.9 Å². The van der Waals surface area contributed by atoms with E-state index in [0.717, 1.165) is 6.07 Å². The molecule has 6 heteroatoms. The van der Waals surface area contributed by atoms with Gasteiger partial charge in [0.05, 0.1) is 12.2 Å². The van der Waals surface area contributed by atoms with Gasteiger partial charge in [-0.2, -0.15) is 13.2 Å². The molecule has 0 spiro atoms. The number of hydrogen-bond acceptors (Lipinski definition) is 3. The molecule has 0 aromatic heterocycles. The topological polar surface area (TPSA) is 47.3 Å². The van der Waals surface area contributed by atoms with Crippen LogP contribution in [0.3, 0.4) is 0 Å². The van der Waals surface area contributed by atoms with Crippen molar-refractivity contribution in [2.24, 2.45) is 0 Å². The summed E-state index contributed by atoms with van der Waals surface area (Å²) in [5.41, 5.74) is 4.05. The molecule has 98 valence electrons. The highest BCUT2D eigenvalue weighted by Gasteiger charge is 2.33. The second kappa shape index (κ2) is 7.01. The predicted molar refractivity (Wildman–Crippen MR) is 62.0 cm³/mol. The molecular formula is C11H17F3N2O. The first kappa shape index (κ1) is 15.6. The molecule has 0 unspecified atom stereocenters. The van der Waals surface area contributed by atoms with Gasteiger partial charge in [0.25, 0.3) is 0 Å². The maximum Gasteiger partial charge on any atom is 0.418 e. The van der Waals surface area contributed by atoms with Crippen LogP contribution in [0, 0.1) is 0 Å². The second-order valence-electron chi connectivity index (χ2n) is 3.18. The summed E-state index contributed by atoms with van der Waals surface area (Å²) in [5, 5.41) is 2.75. The molecule has 0 atom stereocenters. The highest BCUT2D eigenvalue weighted by atomic mass is 19.4. The van der Waals surface area contributed by atoms with E-state index in [2.05, 4.69) is 5.32 Å². The molecule has 17 heavy (non-hydrogen) atoms. The van der Waals surface area contributed by atoms with E-state index < -0.39 is 11.7 Å². The van der Waals surface area contributed by atoms with Crippen molar-refractivity contribution in [3.63, 3.8) is 0 Å². The molecule has 0 radical (unpaired) electrons. The van der Waals surface area contributed by atoms with Crippen LogP contribution in [0.1, 0.15) is 12.5 Å². The zero-order valence-electron chi connectivity index (χ0n) is 10.1. The van der Waals surface area contributed by atoms with E-state index in [9.17, 15) is 13.2 Å². The largest absolute Gasteiger partial charge is 0.494 e. The number of halogens is 3. The number of nitrogens with two attached hydrogens (primary N) is 1. The summed E-state index contributed by atoms with van der Waals surface area (Å²) in [4.78, 5) is 0. The molecule has 0 heterocycles. The zero-order chi connectivity index (χ0) is 13.5. The molecule has 0 saturated heterocycles. The maximum absolute atomic E-state index is 12.3. The number of ether oxygens (including phenoxy) is 1. The SMILES string of the molecule is CCOc1ccc(N)c(C(F)(F)F)c1.CNC. The quantitative estimate of drug-likeness (QED) is 0.793. The van der Waals surface area contributed by atoms with Gasteiger partial charge in [0.15, 0.2) is 0 Å². The summed E-state index contributed by atoms with van der Waals surface area (Å²) < 4.78 is 41.9. The minimum Gasteiger partial charge on any atom is -0.494 e. The Bertz CT molecular complexity index is 340. The molecule has 0 bridgehead atoms. The van der Waals surface area contributed by atoms with Crippen LogP contribution in [-0.2, 0) is 6.18 Å². The molecule has 0 amide bonds. The van der Waals surface area contributed by atoms with Gasteiger partial charge in [-0.05, 0) is 39.2 Å². The van der Waals surface area contributed by atoms with Crippen molar-refractivity contribution < 1.29 is 17.9 Å². The lowest BCUT2D eigenvalue weighted by Crippen LogP contribution is -2.09. The lowest BCUT2D eigenvalue weighted by Gasteiger charge is -2.11. The van der Waals surface area contributed by atoms with E-state index in [1.807, 2.05) is 14.1 Å². The van der Waals surface area contributed by atoms with Crippen molar-refractivity contribution in [3.05, 3.63) is 23.8 Å². The van der Waals surface area contributed by atoms with Crippen LogP contribution < -0.4 is 15.8 Å². The first-order valence-electron chi connectivity index (χ1n) is 5.04. The predicted octanol–water partition coefficient (Wildman–Crippen LogP) is 2.52. The van der Waals surface area contributed by atoms with E-state index in [1.54, 1.807) is 6.92 Å². The van der Waals surface area contributed by atoms with Crippen molar-refractivity contribution in [2.45, 2.75) is 13.1 Å². The minimum absolute atomic E-state index is 0.175. The molecule has 1 aromatic carbocycles. The standard InChI is InChI=1S/C9H10F3NO.C2H7N/c1-2-14-6-3-4-8(13)7(5-6)9(10,11)12;1-3-2/h3-5H,2,13H2,1H3;3H,1-2H3. The highest BCUT2D eigenvalue weighted by Crippen LogP contribution is 2.35. The van der Waals surface area contributed by atoms with Gasteiger partial charge in [0.2, 0.25) is 0 Å². The second-order valence-corrected chi connectivity index (χ2v) is 3.18. The van der Waals surface area contributed by atoms with Crippen LogP contribution in [-0.4, -0.2) is 20.7 Å². The highest BCUT2D eigenvalue weighted by molar-refractivity contribution is 5.51. The van der Waals surface area contributed by atoms with Crippen LogP contribution in [0.15, 0.2) is 18.2 Å². The van der Waals surface area contributed by atoms with E-state index in [0.29, 0.717) is 6.61 Å². The first-order chi connectivity index (χ1) is 7.86. The van der Waals surface area contributed by atoms with Crippen molar-refractivity contribution in [2.75, 3.05) is 26.4 Å². The van der Waals surface area contributed by atoms with Gasteiger partial charge in [-0.3, -0.25) is 0 Å². The van der Waals surface area contributed by atoms with Crippen molar-refractivity contribution in [1.82, 2.24) is 5.32 Å². The Morgan fingerprint density at radius 3 is 2.24 bits per heavy atom. The number of benzene rings is 1. The first-order valence-corrected chi connectivity index (χ1v) is 5.04. The van der Waals surface area contributed by atoms with Gasteiger partial charge in [-0.15, -0.1) is 0 Å². The summed E-state index contributed by atoms with van der Waals surface area (Å²) >= 11 is 0. The smallest absolute Gasteiger partial charge is 0.418 e. The third-order valence-corrected chi connectivity index (χ3v) is 1.64. The summed E-state index contributed by atoms with van der Waals surface area (Å²) in [6.07, 6.45) is -4.43. The number of nitrogen functional groups attached to an aromatic ring is 1. The molecule has 3 N–H and O–H groups in total. The fourth-order valence-electron chi connectivity index (χ4n) is 1.04. The van der Waals surface area contributed by atoms with Gasteiger partial charge in [0, 0.05) is 5.69 Å². The summed E-state index contributed by atoms with van der Waals surface area (Å²) in [5.74, 6) is 0.175. The Morgan fingerprint density at radius 2 is 1.82 bits per heavy atom. The van der Waals surface area contributed by atoms with E-state index in [4.69, 9.17) is 10.5 Å². The minimum atomic E-state index is -4.43. The Hall–Kier alpha value is -1.43. The van der Waals surface area contributed by atoms with Crippen molar-refractivity contribution >= 4 is 5.69 Å². The lowest BCUT2D eigenvalue weighted by molar-refractivity contribution is -0.137. The molecule has 0 aliphatic rings. The van der Waals surface area contributed by atoms with Crippen molar-refractivity contribution in [1.29, 1.82) is 0 Å². The van der Waals surface area contributed by atoms with Gasteiger partial charge in [0.1, 0.15) is 5.75 Å². The van der Waals surface area contributed by atoms with E-state index in [1.165, 1.54) is 12.1 Å². The lowest BCUT2D eigenvalue weighted by atomic mass is 10.1. The van der Waals surface area contributed by atoms with Gasteiger partial charge < -0.3 is 15.8 Å². The Balaban J connectivity index is 0.000000770. The van der Waals surface area contributed by atoms with Gasteiger partial charge >= 0.3 is 6.18 Å². The molecule has 0 aliphatic carbocycles. The fraction of sp³-hybridized carbons (Fsp3) is 0.455. The normalized spacial score (nSPS) is 10.5. The summed E-state index contributed by atoms with van der Waals surface area (Å²) in [7, 11) is 3.75. The Morgan fingerprint density at radius 1 is 1.29 bits per heavy atom. The number of alkyl halides is 3. The monoisotopic (exact) mass is 250 g/mol. The summed E-state index contributed by atoms with van der Waals surface area (Å²) in [6.45, 7) is 2.02. The number of rotatable bonds is 2. The number of hydrogen-bond donors (Lipinski definition) is 2. The van der Waals surface area contributed by atoms with E-state index >= 15 is 0 Å². The van der Waals surface area contributed by atoms with Crippen LogP contribution in [0.5, 0.6) is 5.75 Å². The van der Waals surface area contributed by atoms with Gasteiger partial charge in [-0.1, -0.05) is 0 Å². The fourth-order valence-corrected chi connectivity index (χ4v) is 1.04. The average molecular weight is 250 g/mol. The maximum atomic E-state index is 12.3. The molecule has 0 fully saturated rings. The van der Waals surface area contributed by atoms with Crippen LogP contribution >= 0.6 is 0 Å². The molecular weight excluding hydrogens is 233 g/mol. The number of nitrogens with one attached hydrogen (secondary N) is 1. The molecule has 3 nitrogen and oxygen atoms in total. The zero-order valence-corrected chi connectivity index (χ0v) is 10.1. The molecule has 1 aromatic rings. The summed E-state index contributed by atoms with van der Waals surface area (Å²) in [6, 6.07) is 3.50. The van der Waals surface area contributed by atoms with Crippen LogP contribution in [0.2, 0.25) is 0 Å². The molecule has 1 rings (SSSR count). The van der Waals surface area contributed by atoms with Gasteiger partial charge in [-0.25, -0.2) is 0 Å². The van der Waals surface area contributed by atoms with Crippen molar-refractivity contribution in [3.8, 4) is 5.75 Å². The average Bonchev–Trinajstić information content (AvgIpc) is 2.21. The Kier molecular flexibility index (Phi) is 6.42. The third kappa shape index (κ3) is 5.44. The molecule has 0 saturated carbocycles. The van der Waals surface area contributed by atoms with Crippen LogP contribution in [0.25, 0.3) is 0 Å². The Labute approximate surface area is 98.8 Å². The third-order valence-electron chi connectivity index (χ3n) is 1.64. The number of anilines is 1.